The Morgan fingerprint density at radius 3 is 2.38 bits per heavy atom. The van der Waals surface area contributed by atoms with Crippen LogP contribution in [0.1, 0.15) is 43.4 Å². The lowest BCUT2D eigenvalue weighted by molar-refractivity contribution is -0.146. The number of hydrogen-bond donors (Lipinski definition) is 2. The molecule has 1 aromatic heterocycles. The predicted molar refractivity (Wildman–Crippen MR) is 133 cm³/mol. The van der Waals surface area contributed by atoms with Crippen LogP contribution in [0.4, 0.5) is 17.6 Å². The summed E-state index contributed by atoms with van der Waals surface area (Å²) in [5.74, 6) is -10.9. The fourth-order valence-electron chi connectivity index (χ4n) is 4.87. The number of Topliss-reactive ketones (excluding diaryl/α,β-unsaturated/α-hetero) is 1. The van der Waals surface area contributed by atoms with Gasteiger partial charge in [-0.3, -0.25) is 19.2 Å². The van der Waals surface area contributed by atoms with Crippen LogP contribution in [0.5, 0.6) is 0 Å². The van der Waals surface area contributed by atoms with E-state index >= 15 is 0 Å². The fraction of sp³-hybridized carbons (Fsp3) is 0.500. The molecule has 0 radical (unpaired) electrons. The minimum absolute atomic E-state index is 0.0162. The molecule has 1 saturated carbocycles. The van der Waals surface area contributed by atoms with Crippen molar-refractivity contribution >= 4 is 34.8 Å². The summed E-state index contributed by atoms with van der Waals surface area (Å²) < 4.78 is 56.0. The second-order valence-electron chi connectivity index (χ2n) is 9.95. The first-order valence-electron chi connectivity index (χ1n) is 12.5. The van der Waals surface area contributed by atoms with Crippen LogP contribution >= 0.6 is 11.3 Å². The van der Waals surface area contributed by atoms with Crippen molar-refractivity contribution in [3.8, 4) is 0 Å². The van der Waals surface area contributed by atoms with Gasteiger partial charge in [0.25, 0.3) is 11.8 Å². The smallest absolute Gasteiger partial charge is 0.289 e. The van der Waals surface area contributed by atoms with Gasteiger partial charge in [0.05, 0.1) is 24.3 Å². The summed E-state index contributed by atoms with van der Waals surface area (Å²) in [7, 11) is 0. The lowest BCUT2D eigenvalue weighted by atomic mass is 9.85. The van der Waals surface area contributed by atoms with Gasteiger partial charge in [-0.05, 0) is 18.4 Å². The molecular formula is C26H28F4N4O4S. The highest BCUT2D eigenvalue weighted by Gasteiger charge is 2.52. The molecule has 210 valence electrons. The van der Waals surface area contributed by atoms with E-state index in [1.165, 1.54) is 11.3 Å². The summed E-state index contributed by atoms with van der Waals surface area (Å²) in [6.07, 6.45) is -2.48. The molecule has 2 heterocycles. The molecule has 1 aliphatic carbocycles. The molecule has 2 atom stereocenters. The first-order chi connectivity index (χ1) is 18.4. The van der Waals surface area contributed by atoms with E-state index in [2.05, 4.69) is 15.6 Å². The van der Waals surface area contributed by atoms with E-state index in [1.54, 1.807) is 41.2 Å². The van der Waals surface area contributed by atoms with Gasteiger partial charge in [-0.25, -0.2) is 22.5 Å². The molecule has 1 saturated heterocycles. The Bertz CT molecular complexity index is 1190. The molecule has 13 heteroatoms. The fourth-order valence-corrected chi connectivity index (χ4v) is 5.43. The van der Waals surface area contributed by atoms with Gasteiger partial charge in [0.2, 0.25) is 23.5 Å². The summed E-state index contributed by atoms with van der Waals surface area (Å²) >= 11 is 1.31. The minimum atomic E-state index is -3.37. The molecule has 2 aromatic rings. The van der Waals surface area contributed by atoms with Crippen LogP contribution in [0.15, 0.2) is 41.2 Å². The molecular weight excluding hydrogens is 540 g/mol. The Kier molecular flexibility index (Phi) is 8.67. The zero-order valence-electron chi connectivity index (χ0n) is 20.9. The molecule has 2 aliphatic rings. The molecule has 0 spiro atoms. The monoisotopic (exact) mass is 568 g/mol. The number of likely N-dealkylation sites (tertiary alicyclic amines) is 1. The number of thiazole rings is 1. The highest BCUT2D eigenvalue weighted by atomic mass is 32.1. The van der Waals surface area contributed by atoms with Gasteiger partial charge in [0.1, 0.15) is 12.1 Å². The Morgan fingerprint density at radius 2 is 1.74 bits per heavy atom. The molecule has 8 nitrogen and oxygen atoms in total. The third-order valence-electron chi connectivity index (χ3n) is 6.97. The number of alkyl halides is 4. The van der Waals surface area contributed by atoms with E-state index in [-0.39, 0.29) is 25.8 Å². The second kappa shape index (κ2) is 11.8. The highest BCUT2D eigenvalue weighted by Crippen LogP contribution is 2.39. The summed E-state index contributed by atoms with van der Waals surface area (Å²) in [6, 6.07) is 5.49. The zero-order valence-corrected chi connectivity index (χ0v) is 21.7. The third kappa shape index (κ3) is 7.40. The van der Waals surface area contributed by atoms with Crippen LogP contribution in [-0.2, 0) is 32.1 Å². The molecule has 0 bridgehead atoms. The van der Waals surface area contributed by atoms with Crippen LogP contribution < -0.4 is 10.6 Å². The number of carbonyl (C=O) groups excluding carboxylic acids is 4. The number of rotatable bonds is 9. The lowest BCUT2D eigenvalue weighted by Crippen LogP contribution is -2.54. The number of hydrogen-bond acceptors (Lipinski definition) is 6. The van der Waals surface area contributed by atoms with Crippen molar-refractivity contribution in [1.82, 2.24) is 20.5 Å². The van der Waals surface area contributed by atoms with Crippen molar-refractivity contribution in [1.29, 1.82) is 0 Å². The van der Waals surface area contributed by atoms with Gasteiger partial charge in [0, 0.05) is 37.0 Å². The van der Waals surface area contributed by atoms with Gasteiger partial charge >= 0.3 is 0 Å². The quantitative estimate of drug-likeness (QED) is 0.357. The number of benzene rings is 1. The first-order valence-corrected chi connectivity index (χ1v) is 13.5. The first kappa shape index (κ1) is 28.7. The van der Waals surface area contributed by atoms with Gasteiger partial charge in [-0.1, -0.05) is 30.3 Å². The normalized spacial score (nSPS) is 21.2. The average molecular weight is 569 g/mol. The van der Waals surface area contributed by atoms with E-state index in [4.69, 9.17) is 0 Å². The topological polar surface area (TPSA) is 108 Å². The van der Waals surface area contributed by atoms with E-state index in [1.807, 2.05) is 0 Å². The Labute approximate surface area is 226 Å². The number of amides is 3. The Morgan fingerprint density at radius 1 is 1.05 bits per heavy atom. The standard InChI is InChI=1S/C26H28F4N4O4S/c27-25(28)8-6-17(7-9-25)24(38)34-14-26(29,30)11-20(34)22(36)33-19(10-16-4-2-1-3-5-16)21(35)23(37)31-12-18-13-39-15-32-18/h1-5,13,15,17,19-20H,6-12,14H2,(H,31,37)(H,33,36)/t19-,20-/m1/s1. The summed E-state index contributed by atoms with van der Waals surface area (Å²) in [4.78, 5) is 56.8. The van der Waals surface area contributed by atoms with Crippen LogP contribution in [0.25, 0.3) is 0 Å². The van der Waals surface area contributed by atoms with Crippen molar-refractivity contribution in [3.63, 3.8) is 0 Å². The maximum absolute atomic E-state index is 14.4. The van der Waals surface area contributed by atoms with Crippen LogP contribution in [0.3, 0.4) is 0 Å². The van der Waals surface area contributed by atoms with Crippen molar-refractivity contribution in [2.75, 3.05) is 6.54 Å². The Balaban J connectivity index is 1.48. The maximum Gasteiger partial charge on any atom is 0.289 e. The molecule has 1 aliphatic heterocycles. The third-order valence-corrected chi connectivity index (χ3v) is 7.61. The number of aromatic nitrogens is 1. The molecule has 3 amide bonds. The molecule has 1 aromatic carbocycles. The number of carbonyl (C=O) groups is 4. The SMILES string of the molecule is O=C(NCc1cscn1)C(=O)[C@@H](Cc1ccccc1)NC(=O)[C@H]1CC(F)(F)CN1C(=O)C1CCC(F)(F)CC1. The number of nitrogens with one attached hydrogen (secondary N) is 2. The number of nitrogens with zero attached hydrogens (tertiary/aromatic N) is 2. The largest absolute Gasteiger partial charge is 0.344 e. The molecule has 0 unspecified atom stereocenters. The van der Waals surface area contributed by atoms with E-state index < -0.39 is 79.2 Å². The van der Waals surface area contributed by atoms with E-state index in [9.17, 15) is 36.7 Å². The van der Waals surface area contributed by atoms with Crippen molar-refractivity contribution in [2.45, 2.75) is 69.0 Å². The van der Waals surface area contributed by atoms with Crippen molar-refractivity contribution in [2.24, 2.45) is 5.92 Å². The van der Waals surface area contributed by atoms with Crippen LogP contribution in [-0.4, -0.2) is 63.9 Å². The van der Waals surface area contributed by atoms with Gasteiger partial charge in [0.15, 0.2) is 0 Å². The van der Waals surface area contributed by atoms with Crippen molar-refractivity contribution in [3.05, 3.63) is 52.5 Å². The van der Waals surface area contributed by atoms with E-state index in [0.29, 0.717) is 11.3 Å². The van der Waals surface area contributed by atoms with Crippen molar-refractivity contribution < 1.29 is 36.7 Å². The molecule has 4 rings (SSSR count). The van der Waals surface area contributed by atoms with Gasteiger partial charge < -0.3 is 15.5 Å². The molecule has 39 heavy (non-hydrogen) atoms. The second-order valence-corrected chi connectivity index (χ2v) is 10.7. The summed E-state index contributed by atoms with van der Waals surface area (Å²) in [5.41, 5.74) is 2.70. The molecule has 2 N–H and O–H groups in total. The minimum Gasteiger partial charge on any atom is -0.344 e. The van der Waals surface area contributed by atoms with Gasteiger partial charge in [-0.2, -0.15) is 0 Å². The summed E-state index contributed by atoms with van der Waals surface area (Å²) in [5, 5.41) is 6.54. The number of halogens is 4. The van der Waals surface area contributed by atoms with Gasteiger partial charge in [-0.15, -0.1) is 11.3 Å². The average Bonchev–Trinajstić information content (AvgIpc) is 3.54. The van der Waals surface area contributed by atoms with Crippen LogP contribution in [0, 0.1) is 5.92 Å². The summed E-state index contributed by atoms with van der Waals surface area (Å²) in [6.45, 7) is -1.04. The Hall–Kier alpha value is -3.35. The molecule has 2 fully saturated rings. The lowest BCUT2D eigenvalue weighted by Gasteiger charge is -2.32. The highest BCUT2D eigenvalue weighted by molar-refractivity contribution is 7.07. The maximum atomic E-state index is 14.4. The zero-order chi connectivity index (χ0) is 28.2. The predicted octanol–water partition coefficient (Wildman–Crippen LogP) is 3.12. The number of ketones is 1. The van der Waals surface area contributed by atoms with Crippen LogP contribution in [0.2, 0.25) is 0 Å². The van der Waals surface area contributed by atoms with E-state index in [0.717, 1.165) is 4.90 Å².